The minimum absolute atomic E-state index is 0.203. The minimum Gasteiger partial charge on any atom is -0.319 e. The molecule has 0 amide bonds. The van der Waals surface area contributed by atoms with E-state index in [1.165, 1.54) is 24.4 Å². The minimum atomic E-state index is -1.01. The predicted molar refractivity (Wildman–Crippen MR) is 78.2 cm³/mol. The SMILES string of the molecule is CN(C)CCn1ncc(Cl)c1C(N)c1c(F)cccc1F. The summed E-state index contributed by atoms with van der Waals surface area (Å²) in [5, 5.41) is 4.42. The van der Waals surface area contributed by atoms with Crippen molar-refractivity contribution in [1.29, 1.82) is 0 Å². The van der Waals surface area contributed by atoms with Gasteiger partial charge in [-0.2, -0.15) is 5.10 Å². The second-order valence-electron chi connectivity index (χ2n) is 5.02. The third kappa shape index (κ3) is 3.40. The fourth-order valence-electron chi connectivity index (χ4n) is 2.10. The first kappa shape index (κ1) is 15.9. The van der Waals surface area contributed by atoms with E-state index >= 15 is 0 Å². The maximum Gasteiger partial charge on any atom is 0.131 e. The van der Waals surface area contributed by atoms with Crippen LogP contribution in [0.5, 0.6) is 0 Å². The highest BCUT2D eigenvalue weighted by Gasteiger charge is 2.24. The number of hydrogen-bond acceptors (Lipinski definition) is 3. The van der Waals surface area contributed by atoms with E-state index in [0.29, 0.717) is 23.8 Å². The van der Waals surface area contributed by atoms with Crippen LogP contribution in [0.15, 0.2) is 24.4 Å². The molecule has 0 radical (unpaired) electrons. The van der Waals surface area contributed by atoms with Gasteiger partial charge in [-0.25, -0.2) is 8.78 Å². The first-order valence-corrected chi connectivity index (χ1v) is 6.85. The van der Waals surface area contributed by atoms with Gasteiger partial charge in [-0.15, -0.1) is 0 Å². The van der Waals surface area contributed by atoms with Crippen LogP contribution in [0.2, 0.25) is 5.02 Å². The fourth-order valence-corrected chi connectivity index (χ4v) is 2.36. The summed E-state index contributed by atoms with van der Waals surface area (Å²) >= 11 is 6.09. The van der Waals surface area contributed by atoms with Crippen LogP contribution in [-0.4, -0.2) is 35.3 Å². The number of nitrogens with zero attached hydrogens (tertiary/aromatic N) is 3. The van der Waals surface area contributed by atoms with Gasteiger partial charge in [0, 0.05) is 12.1 Å². The summed E-state index contributed by atoms with van der Waals surface area (Å²) < 4.78 is 29.3. The van der Waals surface area contributed by atoms with Crippen molar-refractivity contribution in [1.82, 2.24) is 14.7 Å². The van der Waals surface area contributed by atoms with Crippen molar-refractivity contribution in [3.05, 3.63) is 52.3 Å². The normalized spacial score (nSPS) is 12.9. The third-order valence-electron chi connectivity index (χ3n) is 3.20. The molecular formula is C14H17ClF2N4. The second kappa shape index (κ2) is 6.51. The van der Waals surface area contributed by atoms with Gasteiger partial charge in [-0.3, -0.25) is 4.68 Å². The van der Waals surface area contributed by atoms with Gasteiger partial charge in [0.25, 0.3) is 0 Å². The molecule has 1 aromatic heterocycles. The molecule has 2 aromatic rings. The molecule has 21 heavy (non-hydrogen) atoms. The molecule has 1 unspecified atom stereocenters. The van der Waals surface area contributed by atoms with E-state index in [2.05, 4.69) is 5.10 Å². The van der Waals surface area contributed by atoms with Crippen molar-refractivity contribution in [3.8, 4) is 0 Å². The highest BCUT2D eigenvalue weighted by molar-refractivity contribution is 6.31. The maximum atomic E-state index is 13.9. The Morgan fingerprint density at radius 2 is 1.95 bits per heavy atom. The molecule has 2 N–H and O–H groups in total. The van der Waals surface area contributed by atoms with Crippen LogP contribution in [0.1, 0.15) is 17.3 Å². The van der Waals surface area contributed by atoms with Gasteiger partial charge >= 0.3 is 0 Å². The van der Waals surface area contributed by atoms with Crippen LogP contribution >= 0.6 is 11.6 Å². The van der Waals surface area contributed by atoms with E-state index in [1.54, 1.807) is 4.68 Å². The van der Waals surface area contributed by atoms with Crippen molar-refractivity contribution in [2.24, 2.45) is 5.73 Å². The van der Waals surface area contributed by atoms with Crippen LogP contribution < -0.4 is 5.73 Å². The Labute approximate surface area is 127 Å². The number of halogens is 3. The van der Waals surface area contributed by atoms with Gasteiger partial charge in [0.1, 0.15) is 11.6 Å². The molecule has 1 heterocycles. The summed E-state index contributed by atoms with van der Waals surface area (Å²) in [6.07, 6.45) is 1.44. The van der Waals surface area contributed by atoms with Gasteiger partial charge in [0.05, 0.1) is 29.5 Å². The standard InChI is InChI=1S/C14H17ClF2N4/c1-20(2)6-7-21-14(9(15)8-19-21)13(18)12-10(16)4-3-5-11(12)17/h3-5,8,13H,6-7,18H2,1-2H3. The molecule has 1 atom stereocenters. The van der Waals surface area contributed by atoms with Crippen molar-refractivity contribution in [2.45, 2.75) is 12.6 Å². The second-order valence-corrected chi connectivity index (χ2v) is 5.42. The first-order valence-electron chi connectivity index (χ1n) is 6.47. The summed E-state index contributed by atoms with van der Waals surface area (Å²) in [5.74, 6) is -1.39. The Hall–Kier alpha value is -1.50. The highest BCUT2D eigenvalue weighted by Crippen LogP contribution is 2.29. The molecule has 0 saturated carbocycles. The fraction of sp³-hybridized carbons (Fsp3) is 0.357. The monoisotopic (exact) mass is 314 g/mol. The van der Waals surface area contributed by atoms with Gasteiger partial charge in [-0.1, -0.05) is 17.7 Å². The largest absolute Gasteiger partial charge is 0.319 e. The quantitative estimate of drug-likeness (QED) is 0.922. The topological polar surface area (TPSA) is 47.1 Å². The lowest BCUT2D eigenvalue weighted by Crippen LogP contribution is -2.24. The maximum absolute atomic E-state index is 13.9. The molecule has 4 nitrogen and oxygen atoms in total. The average molecular weight is 315 g/mol. The lowest BCUT2D eigenvalue weighted by Gasteiger charge is -2.18. The summed E-state index contributed by atoms with van der Waals surface area (Å²) in [6, 6.07) is 2.63. The van der Waals surface area contributed by atoms with Gasteiger partial charge < -0.3 is 10.6 Å². The van der Waals surface area contributed by atoms with Crippen molar-refractivity contribution < 1.29 is 8.78 Å². The van der Waals surface area contributed by atoms with Crippen LogP contribution in [0.25, 0.3) is 0 Å². The zero-order valence-electron chi connectivity index (χ0n) is 11.9. The number of rotatable bonds is 5. The van der Waals surface area contributed by atoms with E-state index in [0.717, 1.165) is 0 Å². The molecule has 7 heteroatoms. The molecule has 0 bridgehead atoms. The van der Waals surface area contributed by atoms with Crippen molar-refractivity contribution in [3.63, 3.8) is 0 Å². The third-order valence-corrected chi connectivity index (χ3v) is 3.49. The Kier molecular flexibility index (Phi) is 4.92. The van der Waals surface area contributed by atoms with E-state index in [-0.39, 0.29) is 5.56 Å². The zero-order valence-corrected chi connectivity index (χ0v) is 12.6. The molecule has 0 aliphatic rings. The molecule has 0 fully saturated rings. The number of benzene rings is 1. The molecule has 2 rings (SSSR count). The Balaban J connectivity index is 2.39. The zero-order chi connectivity index (χ0) is 15.6. The molecule has 0 saturated heterocycles. The predicted octanol–water partition coefficient (Wildman–Crippen LogP) is 2.42. The number of aromatic nitrogens is 2. The van der Waals surface area contributed by atoms with Gasteiger partial charge in [0.15, 0.2) is 0 Å². The van der Waals surface area contributed by atoms with Crippen molar-refractivity contribution in [2.75, 3.05) is 20.6 Å². The summed E-state index contributed by atoms with van der Waals surface area (Å²) in [7, 11) is 3.84. The van der Waals surface area contributed by atoms with Gasteiger partial charge in [0.2, 0.25) is 0 Å². The van der Waals surface area contributed by atoms with Crippen LogP contribution in [0.4, 0.5) is 8.78 Å². The van der Waals surface area contributed by atoms with Crippen molar-refractivity contribution >= 4 is 11.6 Å². The molecule has 0 aliphatic carbocycles. The lowest BCUT2D eigenvalue weighted by atomic mass is 10.0. The van der Waals surface area contributed by atoms with E-state index in [9.17, 15) is 8.78 Å². The first-order chi connectivity index (χ1) is 9.91. The molecule has 0 spiro atoms. The smallest absolute Gasteiger partial charge is 0.131 e. The summed E-state index contributed by atoms with van der Waals surface area (Å²) in [4.78, 5) is 1.97. The molecular weight excluding hydrogens is 298 g/mol. The average Bonchev–Trinajstić information content (AvgIpc) is 2.77. The molecule has 114 valence electrons. The van der Waals surface area contributed by atoms with E-state index in [4.69, 9.17) is 17.3 Å². The molecule has 1 aromatic carbocycles. The van der Waals surface area contributed by atoms with Gasteiger partial charge in [-0.05, 0) is 26.2 Å². The van der Waals surface area contributed by atoms with E-state index < -0.39 is 17.7 Å². The number of hydrogen-bond donors (Lipinski definition) is 1. The number of likely N-dealkylation sites (N-methyl/N-ethyl adjacent to an activating group) is 1. The summed E-state index contributed by atoms with van der Waals surface area (Å²) in [5.41, 5.74) is 6.23. The molecule has 0 aliphatic heterocycles. The highest BCUT2D eigenvalue weighted by atomic mass is 35.5. The Morgan fingerprint density at radius 1 is 1.33 bits per heavy atom. The van der Waals surface area contributed by atoms with Crippen LogP contribution in [0, 0.1) is 11.6 Å². The van der Waals surface area contributed by atoms with Crippen LogP contribution in [-0.2, 0) is 6.54 Å². The lowest BCUT2D eigenvalue weighted by molar-refractivity contribution is 0.367. The Morgan fingerprint density at radius 3 is 2.52 bits per heavy atom. The van der Waals surface area contributed by atoms with E-state index in [1.807, 2.05) is 19.0 Å². The Bertz CT molecular complexity index is 607. The van der Waals surface area contributed by atoms with Crippen LogP contribution in [0.3, 0.4) is 0 Å². The number of nitrogens with two attached hydrogens (primary N) is 1. The summed E-state index contributed by atoms with van der Waals surface area (Å²) in [6.45, 7) is 1.23.